The number of aliphatic hydroxyl groups excluding tert-OH is 2. The molecular weight excluding hydrogens is 624 g/mol. The lowest BCUT2D eigenvalue weighted by Gasteiger charge is -2.66. The zero-order valence-corrected chi connectivity index (χ0v) is 31.4. The second-order valence-corrected chi connectivity index (χ2v) is 19.1. The minimum absolute atomic E-state index is 0.0187. The largest absolute Gasteiger partial charge is 0.478 e. The van der Waals surface area contributed by atoms with E-state index in [9.17, 15) is 24.9 Å². The van der Waals surface area contributed by atoms with Crippen molar-refractivity contribution in [1.29, 1.82) is 0 Å². The van der Waals surface area contributed by atoms with E-state index in [4.69, 9.17) is 4.74 Å². The number of rotatable bonds is 4. The molecule has 1 aliphatic heterocycles. The quantitative estimate of drug-likeness (QED) is 0.167. The van der Waals surface area contributed by atoms with Crippen LogP contribution in [0.1, 0.15) is 145 Å². The SMILES string of the molecule is C=C(C)[C@H]1C(=O)c2c3c(cc4c2[C@@H](O)C2C4=CC(C)(C)OC2(C)C)C2CC4CCC5[C@](C)(/C=C/C=C(\C)C(=O)O)[C@@H](O)CC[C@]5(C)[C@@]4(C)C2C31. The number of carboxylic acids is 1. The molecule has 0 aromatic heterocycles. The molecular formula is C44H56O6. The van der Waals surface area contributed by atoms with Gasteiger partial charge in [-0.2, -0.15) is 0 Å². The van der Waals surface area contributed by atoms with Gasteiger partial charge in [0, 0.05) is 34.3 Å². The Bertz CT molecular complexity index is 1840. The van der Waals surface area contributed by atoms with Crippen molar-refractivity contribution in [1.82, 2.24) is 0 Å². The van der Waals surface area contributed by atoms with E-state index in [2.05, 4.69) is 73.3 Å². The molecule has 6 unspecified atom stereocenters. The first-order valence-corrected chi connectivity index (χ1v) is 19.0. The van der Waals surface area contributed by atoms with Gasteiger partial charge < -0.3 is 20.1 Å². The van der Waals surface area contributed by atoms with Gasteiger partial charge in [0.25, 0.3) is 0 Å². The van der Waals surface area contributed by atoms with Crippen LogP contribution in [0.2, 0.25) is 0 Å². The Morgan fingerprint density at radius 3 is 2.38 bits per heavy atom. The van der Waals surface area contributed by atoms with Gasteiger partial charge in [0.1, 0.15) is 0 Å². The van der Waals surface area contributed by atoms with Crippen molar-refractivity contribution in [2.75, 3.05) is 0 Å². The van der Waals surface area contributed by atoms with Crippen LogP contribution < -0.4 is 0 Å². The molecule has 0 spiro atoms. The second-order valence-electron chi connectivity index (χ2n) is 19.1. The fraction of sp³-hybridized carbons (Fsp3) is 0.636. The summed E-state index contributed by atoms with van der Waals surface area (Å²) in [6.45, 7) is 23.5. The van der Waals surface area contributed by atoms with E-state index in [-0.39, 0.29) is 51.8 Å². The Morgan fingerprint density at radius 2 is 1.72 bits per heavy atom. The standard InChI is InChI=1S/C44H56O6/c1-21(2)30-33-31-24(19-25-27-20-40(4,5)50-41(6,7)36(27)38(47)32(25)34(31)37(30)46)26-18-23-13-14-28-42(8,16-11-12-22(3)39(48)49)29(45)15-17-43(28,9)44(23,10)35(26)33/h11-12,16,19-20,23,26,28-30,33,35-36,38,45,47H,1,13-15,17-18H2,2-10H3,(H,48,49)/b16-11+,22-12+/t23?,26?,28?,29-,30+,33?,35?,36?,38+,42-,43-,44+/m0/s1. The molecule has 1 aromatic carbocycles. The lowest BCUT2D eigenvalue weighted by Crippen LogP contribution is -2.61. The summed E-state index contributed by atoms with van der Waals surface area (Å²) in [7, 11) is 0. The summed E-state index contributed by atoms with van der Waals surface area (Å²) in [5.74, 6) is -0.119. The molecule has 12 atom stereocenters. The smallest absolute Gasteiger partial charge is 0.331 e. The van der Waals surface area contributed by atoms with Crippen LogP contribution in [-0.2, 0) is 9.53 Å². The summed E-state index contributed by atoms with van der Waals surface area (Å²) in [5.41, 5.74) is 5.60. The molecule has 3 fully saturated rings. The maximum atomic E-state index is 14.9. The van der Waals surface area contributed by atoms with Crippen LogP contribution in [0.25, 0.3) is 5.57 Å². The van der Waals surface area contributed by atoms with Crippen molar-refractivity contribution in [3.05, 3.63) is 75.9 Å². The summed E-state index contributed by atoms with van der Waals surface area (Å²) >= 11 is 0. The Balaban J connectivity index is 1.29. The molecule has 7 aliphatic rings. The molecule has 6 heteroatoms. The number of carbonyl (C=O) groups is 2. The van der Waals surface area contributed by atoms with Gasteiger partial charge in [-0.25, -0.2) is 4.79 Å². The number of hydrogen-bond acceptors (Lipinski definition) is 5. The summed E-state index contributed by atoms with van der Waals surface area (Å²) in [4.78, 5) is 26.4. The minimum Gasteiger partial charge on any atom is -0.478 e. The Morgan fingerprint density at radius 1 is 1.02 bits per heavy atom. The summed E-state index contributed by atoms with van der Waals surface area (Å²) in [6, 6.07) is 2.39. The van der Waals surface area contributed by atoms with Gasteiger partial charge in [0.15, 0.2) is 5.78 Å². The van der Waals surface area contributed by atoms with Gasteiger partial charge in [-0.15, -0.1) is 0 Å². The highest BCUT2D eigenvalue weighted by Gasteiger charge is 2.73. The lowest BCUT2D eigenvalue weighted by molar-refractivity contribution is -0.186. The van der Waals surface area contributed by atoms with E-state index >= 15 is 0 Å². The average molecular weight is 681 g/mol. The van der Waals surface area contributed by atoms with Gasteiger partial charge in [-0.1, -0.05) is 57.2 Å². The minimum atomic E-state index is -0.938. The van der Waals surface area contributed by atoms with Crippen molar-refractivity contribution in [2.45, 2.75) is 130 Å². The van der Waals surface area contributed by atoms with E-state index < -0.39 is 34.8 Å². The zero-order chi connectivity index (χ0) is 36.2. The van der Waals surface area contributed by atoms with E-state index in [1.54, 1.807) is 13.0 Å². The van der Waals surface area contributed by atoms with E-state index in [0.29, 0.717) is 18.3 Å². The Hall–Kier alpha value is -2.80. The highest BCUT2D eigenvalue weighted by atomic mass is 16.5. The Labute approximate surface area is 297 Å². The van der Waals surface area contributed by atoms with Crippen LogP contribution in [0.3, 0.4) is 0 Å². The fourth-order valence-corrected chi connectivity index (χ4v) is 14.0. The topological polar surface area (TPSA) is 104 Å². The van der Waals surface area contributed by atoms with E-state index in [0.717, 1.165) is 53.5 Å². The monoisotopic (exact) mass is 680 g/mol. The molecule has 8 rings (SSSR count). The molecule has 0 amide bonds. The van der Waals surface area contributed by atoms with Crippen LogP contribution in [-0.4, -0.2) is 44.4 Å². The third-order valence-corrected chi connectivity index (χ3v) is 15.9. The zero-order valence-electron chi connectivity index (χ0n) is 31.4. The highest BCUT2D eigenvalue weighted by Crippen LogP contribution is 2.80. The van der Waals surface area contributed by atoms with Crippen molar-refractivity contribution >= 4 is 17.3 Å². The number of aliphatic carboxylic acids is 1. The van der Waals surface area contributed by atoms with Crippen LogP contribution >= 0.6 is 0 Å². The number of fused-ring (bicyclic) bond motifs is 11. The number of hydrogen-bond donors (Lipinski definition) is 3. The van der Waals surface area contributed by atoms with Gasteiger partial charge >= 0.3 is 5.97 Å². The number of carbonyl (C=O) groups excluding carboxylic acids is 1. The van der Waals surface area contributed by atoms with Gasteiger partial charge in [-0.05, 0) is 142 Å². The van der Waals surface area contributed by atoms with Gasteiger partial charge in [-0.3, -0.25) is 4.79 Å². The normalized spacial score (nSPS) is 44.6. The average Bonchev–Trinajstić information content (AvgIpc) is 3.67. The molecule has 0 saturated heterocycles. The van der Waals surface area contributed by atoms with Crippen LogP contribution in [0, 0.1) is 45.8 Å². The summed E-state index contributed by atoms with van der Waals surface area (Å²) < 4.78 is 6.54. The predicted octanol–water partition coefficient (Wildman–Crippen LogP) is 8.70. The Kier molecular flexibility index (Phi) is 7.14. The summed E-state index contributed by atoms with van der Waals surface area (Å²) in [5, 5.41) is 33.3. The number of ether oxygens (including phenoxy) is 1. The second kappa shape index (κ2) is 10.4. The molecule has 6 aliphatic carbocycles. The third kappa shape index (κ3) is 4.08. The first-order chi connectivity index (χ1) is 23.2. The van der Waals surface area contributed by atoms with Crippen LogP contribution in [0.15, 0.2) is 48.1 Å². The first-order valence-electron chi connectivity index (χ1n) is 19.0. The third-order valence-electron chi connectivity index (χ3n) is 15.9. The van der Waals surface area contributed by atoms with Crippen molar-refractivity contribution in [3.8, 4) is 0 Å². The van der Waals surface area contributed by atoms with E-state index in [1.807, 2.05) is 13.0 Å². The number of benzene rings is 1. The molecule has 6 nitrogen and oxygen atoms in total. The molecule has 3 N–H and O–H groups in total. The van der Waals surface area contributed by atoms with Crippen LogP contribution in [0.5, 0.6) is 0 Å². The molecule has 1 heterocycles. The number of carboxylic acid groups (broad SMARTS) is 1. The van der Waals surface area contributed by atoms with Gasteiger partial charge in [0.05, 0.1) is 23.4 Å². The molecule has 1 aromatic rings. The van der Waals surface area contributed by atoms with Crippen molar-refractivity contribution in [3.63, 3.8) is 0 Å². The van der Waals surface area contributed by atoms with Crippen molar-refractivity contribution in [2.24, 2.45) is 45.8 Å². The van der Waals surface area contributed by atoms with E-state index in [1.165, 1.54) is 11.1 Å². The maximum Gasteiger partial charge on any atom is 0.331 e. The van der Waals surface area contributed by atoms with Crippen LogP contribution in [0.4, 0.5) is 0 Å². The molecule has 0 bridgehead atoms. The molecule has 268 valence electrons. The summed E-state index contributed by atoms with van der Waals surface area (Å²) in [6.07, 6.45) is 11.2. The number of Topliss-reactive ketones (excluding diaryl/α,β-unsaturated/α-hetero) is 1. The first kappa shape index (κ1) is 34.3. The van der Waals surface area contributed by atoms with Gasteiger partial charge in [0.2, 0.25) is 0 Å². The molecule has 3 saturated carbocycles. The number of ketones is 1. The highest BCUT2D eigenvalue weighted by molar-refractivity contribution is 6.09. The maximum absolute atomic E-state index is 14.9. The fourth-order valence-electron chi connectivity index (χ4n) is 14.0. The molecule has 0 radical (unpaired) electrons. The lowest BCUT2D eigenvalue weighted by atomic mass is 9.38. The molecule has 50 heavy (non-hydrogen) atoms. The number of allylic oxidation sites excluding steroid dienone is 3. The number of aliphatic hydroxyl groups is 2. The predicted molar refractivity (Wildman–Crippen MR) is 195 cm³/mol. The van der Waals surface area contributed by atoms with Crippen molar-refractivity contribution < 1.29 is 29.6 Å².